The molecule has 4 heteroatoms. The van der Waals surface area contributed by atoms with Gasteiger partial charge in [0.05, 0.1) is 0 Å². The molecule has 0 aromatic heterocycles. The summed E-state index contributed by atoms with van der Waals surface area (Å²) in [5, 5.41) is 3.59. The Labute approximate surface area is 107 Å². The van der Waals surface area contributed by atoms with Crippen LogP contribution in [0.5, 0.6) is 11.5 Å². The molecule has 0 fully saturated rings. The molecule has 1 unspecified atom stereocenters. The van der Waals surface area contributed by atoms with Crippen LogP contribution in [0.1, 0.15) is 24.4 Å². The average molecular weight is 246 g/mol. The van der Waals surface area contributed by atoms with Crippen molar-refractivity contribution < 1.29 is 9.47 Å². The monoisotopic (exact) mass is 246 g/mol. The van der Waals surface area contributed by atoms with Crippen molar-refractivity contribution in [1.82, 2.24) is 5.32 Å². The first-order valence-corrected chi connectivity index (χ1v) is 6.37. The van der Waals surface area contributed by atoms with Gasteiger partial charge in [0.25, 0.3) is 0 Å². The van der Waals surface area contributed by atoms with Crippen molar-refractivity contribution in [2.24, 2.45) is 5.73 Å². The molecule has 1 aromatic rings. The van der Waals surface area contributed by atoms with E-state index in [1.54, 1.807) is 0 Å². The van der Waals surface area contributed by atoms with E-state index in [0.717, 1.165) is 29.9 Å². The molecule has 0 spiro atoms. The van der Waals surface area contributed by atoms with Crippen LogP contribution in [0.4, 0.5) is 0 Å². The van der Waals surface area contributed by atoms with E-state index >= 15 is 0 Å². The molecule has 1 atom stereocenters. The van der Waals surface area contributed by atoms with Gasteiger partial charge < -0.3 is 20.5 Å². The van der Waals surface area contributed by atoms with Gasteiger partial charge in [0, 0.05) is 18.6 Å². The van der Waals surface area contributed by atoms with Crippen LogP contribution in [0.15, 0.2) is 30.4 Å². The Morgan fingerprint density at radius 3 is 2.78 bits per heavy atom. The second kappa shape index (κ2) is 5.00. The SMILES string of the molecule is NCC(NC1CC=CC1)c1ccc2c(c1)OCO2. The zero-order valence-corrected chi connectivity index (χ0v) is 10.3. The molecule has 4 nitrogen and oxygen atoms in total. The van der Waals surface area contributed by atoms with E-state index in [0.29, 0.717) is 19.4 Å². The van der Waals surface area contributed by atoms with E-state index < -0.39 is 0 Å². The minimum Gasteiger partial charge on any atom is -0.454 e. The lowest BCUT2D eigenvalue weighted by Gasteiger charge is -2.22. The Bertz CT molecular complexity index is 451. The minimum atomic E-state index is 0.171. The molecule has 0 radical (unpaired) electrons. The van der Waals surface area contributed by atoms with Crippen LogP contribution >= 0.6 is 0 Å². The third kappa shape index (κ3) is 2.21. The number of ether oxygens (including phenoxy) is 2. The summed E-state index contributed by atoms with van der Waals surface area (Å²) < 4.78 is 10.7. The summed E-state index contributed by atoms with van der Waals surface area (Å²) in [6.07, 6.45) is 6.60. The van der Waals surface area contributed by atoms with Crippen molar-refractivity contribution in [2.75, 3.05) is 13.3 Å². The lowest BCUT2D eigenvalue weighted by molar-refractivity contribution is 0.174. The summed E-state index contributed by atoms with van der Waals surface area (Å²) in [7, 11) is 0. The number of hydrogen-bond donors (Lipinski definition) is 2. The Hall–Kier alpha value is -1.52. The van der Waals surface area contributed by atoms with Crippen molar-refractivity contribution in [2.45, 2.75) is 24.9 Å². The first-order chi connectivity index (χ1) is 8.86. The number of hydrogen-bond acceptors (Lipinski definition) is 4. The van der Waals surface area contributed by atoms with Crippen LogP contribution < -0.4 is 20.5 Å². The predicted molar refractivity (Wildman–Crippen MR) is 69.7 cm³/mol. The maximum Gasteiger partial charge on any atom is 0.231 e. The second-order valence-corrected chi connectivity index (χ2v) is 4.71. The predicted octanol–water partition coefficient (Wildman–Crippen LogP) is 1.72. The number of fused-ring (bicyclic) bond motifs is 1. The quantitative estimate of drug-likeness (QED) is 0.794. The van der Waals surface area contributed by atoms with Crippen LogP contribution in [-0.4, -0.2) is 19.4 Å². The van der Waals surface area contributed by atoms with Crippen molar-refractivity contribution in [3.63, 3.8) is 0 Å². The minimum absolute atomic E-state index is 0.171. The maximum atomic E-state index is 5.87. The number of rotatable bonds is 4. The molecule has 1 aliphatic carbocycles. The third-order valence-electron chi connectivity index (χ3n) is 3.48. The number of nitrogens with one attached hydrogen (secondary N) is 1. The smallest absolute Gasteiger partial charge is 0.231 e. The number of nitrogens with two attached hydrogens (primary N) is 1. The summed E-state index contributed by atoms with van der Waals surface area (Å²) >= 11 is 0. The van der Waals surface area contributed by atoms with Crippen molar-refractivity contribution in [3.8, 4) is 11.5 Å². The third-order valence-corrected chi connectivity index (χ3v) is 3.48. The van der Waals surface area contributed by atoms with E-state index in [-0.39, 0.29) is 6.04 Å². The van der Waals surface area contributed by atoms with Crippen LogP contribution in [0.2, 0.25) is 0 Å². The summed E-state index contributed by atoms with van der Waals surface area (Å²) in [5.41, 5.74) is 7.03. The van der Waals surface area contributed by atoms with Gasteiger partial charge >= 0.3 is 0 Å². The molecule has 1 aliphatic heterocycles. The summed E-state index contributed by atoms with van der Waals surface area (Å²) in [4.78, 5) is 0. The molecular formula is C14H18N2O2. The van der Waals surface area contributed by atoms with Gasteiger partial charge in [-0.05, 0) is 30.5 Å². The van der Waals surface area contributed by atoms with Crippen molar-refractivity contribution in [1.29, 1.82) is 0 Å². The van der Waals surface area contributed by atoms with Gasteiger partial charge in [0.15, 0.2) is 11.5 Å². The molecule has 1 aromatic carbocycles. The molecule has 96 valence electrons. The molecule has 1 heterocycles. The van der Waals surface area contributed by atoms with Crippen LogP contribution in [0.25, 0.3) is 0 Å². The molecule has 3 rings (SSSR count). The van der Waals surface area contributed by atoms with E-state index in [2.05, 4.69) is 23.5 Å². The molecule has 0 amide bonds. The Kier molecular flexibility index (Phi) is 3.21. The van der Waals surface area contributed by atoms with Crippen molar-refractivity contribution >= 4 is 0 Å². The molecular weight excluding hydrogens is 228 g/mol. The zero-order chi connectivity index (χ0) is 12.4. The first kappa shape index (κ1) is 11.6. The van der Waals surface area contributed by atoms with Gasteiger partial charge in [0.1, 0.15) is 0 Å². The Morgan fingerprint density at radius 1 is 1.22 bits per heavy atom. The van der Waals surface area contributed by atoms with E-state index in [1.807, 2.05) is 12.1 Å². The van der Waals surface area contributed by atoms with E-state index in [9.17, 15) is 0 Å². The second-order valence-electron chi connectivity index (χ2n) is 4.71. The van der Waals surface area contributed by atoms with E-state index in [1.165, 1.54) is 0 Å². The largest absolute Gasteiger partial charge is 0.454 e. The van der Waals surface area contributed by atoms with Gasteiger partial charge in [-0.2, -0.15) is 0 Å². The molecule has 18 heavy (non-hydrogen) atoms. The van der Waals surface area contributed by atoms with Gasteiger partial charge in [-0.25, -0.2) is 0 Å². The van der Waals surface area contributed by atoms with Crippen LogP contribution in [0.3, 0.4) is 0 Å². The van der Waals surface area contributed by atoms with Gasteiger partial charge in [-0.1, -0.05) is 18.2 Å². The fourth-order valence-electron chi connectivity index (χ4n) is 2.47. The molecule has 0 saturated heterocycles. The fraction of sp³-hybridized carbons (Fsp3) is 0.429. The van der Waals surface area contributed by atoms with Crippen LogP contribution in [0, 0.1) is 0 Å². The highest BCUT2D eigenvalue weighted by Crippen LogP contribution is 2.34. The maximum absolute atomic E-state index is 5.87. The zero-order valence-electron chi connectivity index (χ0n) is 10.3. The fourth-order valence-corrected chi connectivity index (χ4v) is 2.47. The average Bonchev–Trinajstić information content (AvgIpc) is 3.06. The highest BCUT2D eigenvalue weighted by molar-refractivity contribution is 5.45. The standard InChI is InChI=1S/C14H18N2O2/c15-8-12(16-11-3-1-2-4-11)10-5-6-13-14(7-10)18-9-17-13/h1-2,5-7,11-12,16H,3-4,8-9,15H2. The topological polar surface area (TPSA) is 56.5 Å². The summed E-state index contributed by atoms with van der Waals surface area (Å²) in [6.45, 7) is 0.891. The van der Waals surface area contributed by atoms with Gasteiger partial charge in [-0.15, -0.1) is 0 Å². The summed E-state index contributed by atoms with van der Waals surface area (Å²) in [5.74, 6) is 1.63. The molecule has 2 aliphatic rings. The summed E-state index contributed by atoms with van der Waals surface area (Å²) in [6, 6.07) is 6.71. The lowest BCUT2D eigenvalue weighted by atomic mass is 10.0. The lowest BCUT2D eigenvalue weighted by Crippen LogP contribution is -2.35. The number of benzene rings is 1. The van der Waals surface area contributed by atoms with E-state index in [4.69, 9.17) is 15.2 Å². The van der Waals surface area contributed by atoms with Crippen molar-refractivity contribution in [3.05, 3.63) is 35.9 Å². The molecule has 3 N–H and O–H groups in total. The Balaban J connectivity index is 1.74. The highest BCUT2D eigenvalue weighted by Gasteiger charge is 2.20. The highest BCUT2D eigenvalue weighted by atomic mass is 16.7. The first-order valence-electron chi connectivity index (χ1n) is 6.37. The molecule has 0 bridgehead atoms. The normalized spacial score (nSPS) is 19.4. The van der Waals surface area contributed by atoms with Gasteiger partial charge in [0.2, 0.25) is 6.79 Å². The molecule has 0 saturated carbocycles. The van der Waals surface area contributed by atoms with Gasteiger partial charge in [-0.3, -0.25) is 0 Å². The van der Waals surface area contributed by atoms with Crippen LogP contribution in [-0.2, 0) is 0 Å². The Morgan fingerprint density at radius 2 is 2.00 bits per heavy atom.